The molecule has 1 saturated carbocycles. The van der Waals surface area contributed by atoms with E-state index in [1.165, 1.54) is 12.8 Å². The molecule has 3 N–H and O–H groups in total. The Kier molecular flexibility index (Phi) is 4.90. The number of nitrogens with one attached hydrogen (secondary N) is 2. The Bertz CT molecular complexity index is 185. The van der Waals surface area contributed by atoms with Crippen LogP contribution in [0.4, 0.5) is 0 Å². The van der Waals surface area contributed by atoms with Crippen LogP contribution in [0.3, 0.4) is 0 Å². The number of rotatable bonds is 4. The van der Waals surface area contributed by atoms with Crippen LogP contribution in [0.15, 0.2) is 0 Å². The predicted molar refractivity (Wildman–Crippen MR) is 54.9 cm³/mol. The summed E-state index contributed by atoms with van der Waals surface area (Å²) in [6.07, 6.45) is 4.52. The van der Waals surface area contributed by atoms with Crippen LogP contribution in [0.2, 0.25) is 0 Å². The predicted octanol–water partition coefficient (Wildman–Crippen LogP) is 0.0156. The van der Waals surface area contributed by atoms with Crippen LogP contribution >= 0.6 is 0 Å². The molecular weight excluding hydrogens is 180 g/mol. The van der Waals surface area contributed by atoms with Gasteiger partial charge in [0.15, 0.2) is 0 Å². The molecule has 4 heteroatoms. The van der Waals surface area contributed by atoms with Crippen molar-refractivity contribution in [2.75, 3.05) is 13.2 Å². The highest BCUT2D eigenvalue weighted by atomic mass is 16.3. The number of carbonyl (C=O) groups excluding carboxylic acids is 1. The van der Waals surface area contributed by atoms with Gasteiger partial charge in [-0.2, -0.15) is 0 Å². The second-order valence-corrected chi connectivity index (χ2v) is 3.88. The van der Waals surface area contributed by atoms with Gasteiger partial charge in [-0.3, -0.25) is 4.79 Å². The summed E-state index contributed by atoms with van der Waals surface area (Å²) in [6.45, 7) is 2.32. The number of hydrogen-bond donors (Lipinski definition) is 3. The SMILES string of the molecule is CC(=O)NC1CCCCC1NCCO. The number of aliphatic hydroxyl groups is 1. The second kappa shape index (κ2) is 5.98. The van der Waals surface area contributed by atoms with E-state index in [1.54, 1.807) is 6.92 Å². The van der Waals surface area contributed by atoms with E-state index in [1.807, 2.05) is 0 Å². The summed E-state index contributed by atoms with van der Waals surface area (Å²) in [4.78, 5) is 10.9. The molecule has 2 unspecified atom stereocenters. The molecule has 0 aliphatic heterocycles. The molecule has 0 aromatic heterocycles. The maximum absolute atomic E-state index is 10.9. The molecular formula is C10H20N2O2. The highest BCUT2D eigenvalue weighted by molar-refractivity contribution is 5.73. The molecule has 1 rings (SSSR count). The lowest BCUT2D eigenvalue weighted by Gasteiger charge is -2.32. The number of amides is 1. The summed E-state index contributed by atoms with van der Waals surface area (Å²) in [6, 6.07) is 0.576. The average Bonchev–Trinajstić information content (AvgIpc) is 2.16. The Morgan fingerprint density at radius 2 is 2.00 bits per heavy atom. The molecule has 82 valence electrons. The van der Waals surface area contributed by atoms with E-state index < -0.39 is 0 Å². The van der Waals surface area contributed by atoms with Gasteiger partial charge in [0.05, 0.1) is 6.61 Å². The normalized spacial score (nSPS) is 27.3. The molecule has 1 fully saturated rings. The summed E-state index contributed by atoms with van der Waals surface area (Å²) in [7, 11) is 0. The zero-order valence-electron chi connectivity index (χ0n) is 8.75. The molecule has 1 aliphatic carbocycles. The van der Waals surface area contributed by atoms with E-state index in [0.717, 1.165) is 12.8 Å². The first-order valence-corrected chi connectivity index (χ1v) is 5.35. The fraction of sp³-hybridized carbons (Fsp3) is 0.900. The summed E-state index contributed by atoms with van der Waals surface area (Å²) in [5.41, 5.74) is 0. The minimum atomic E-state index is 0.0349. The van der Waals surface area contributed by atoms with E-state index in [4.69, 9.17) is 5.11 Å². The van der Waals surface area contributed by atoms with Gasteiger partial charge in [-0.15, -0.1) is 0 Å². The van der Waals surface area contributed by atoms with Crippen molar-refractivity contribution in [2.45, 2.75) is 44.7 Å². The van der Waals surface area contributed by atoms with Gasteiger partial charge in [-0.25, -0.2) is 0 Å². The molecule has 1 amide bonds. The van der Waals surface area contributed by atoms with Gasteiger partial charge in [-0.1, -0.05) is 12.8 Å². The topological polar surface area (TPSA) is 61.4 Å². The lowest BCUT2D eigenvalue weighted by Crippen LogP contribution is -2.51. The number of aliphatic hydroxyl groups excluding tert-OH is 1. The molecule has 0 heterocycles. The molecule has 2 atom stereocenters. The summed E-state index contributed by atoms with van der Waals surface area (Å²) in [5, 5.41) is 14.9. The smallest absolute Gasteiger partial charge is 0.217 e. The average molecular weight is 200 g/mol. The molecule has 0 bridgehead atoms. The van der Waals surface area contributed by atoms with E-state index >= 15 is 0 Å². The van der Waals surface area contributed by atoms with Crippen LogP contribution < -0.4 is 10.6 Å². The van der Waals surface area contributed by atoms with Gasteiger partial charge < -0.3 is 15.7 Å². The van der Waals surface area contributed by atoms with Crippen LogP contribution in [-0.2, 0) is 4.79 Å². The number of carbonyl (C=O) groups is 1. The van der Waals surface area contributed by atoms with Gasteiger partial charge in [0.1, 0.15) is 0 Å². The van der Waals surface area contributed by atoms with Crippen molar-refractivity contribution in [3.05, 3.63) is 0 Å². The van der Waals surface area contributed by atoms with Crippen molar-refractivity contribution in [3.63, 3.8) is 0 Å². The largest absolute Gasteiger partial charge is 0.395 e. The van der Waals surface area contributed by atoms with Gasteiger partial charge >= 0.3 is 0 Å². The standard InChI is InChI=1S/C10H20N2O2/c1-8(14)12-10-5-3-2-4-9(10)11-6-7-13/h9-11,13H,2-7H2,1H3,(H,12,14). The van der Waals surface area contributed by atoms with E-state index in [0.29, 0.717) is 12.6 Å². The molecule has 1 aliphatic rings. The highest BCUT2D eigenvalue weighted by Crippen LogP contribution is 2.18. The summed E-state index contributed by atoms with van der Waals surface area (Å²) >= 11 is 0. The molecule has 0 radical (unpaired) electrons. The molecule has 0 saturated heterocycles. The lowest BCUT2D eigenvalue weighted by molar-refractivity contribution is -0.120. The van der Waals surface area contributed by atoms with Crippen LogP contribution in [0.25, 0.3) is 0 Å². The summed E-state index contributed by atoms with van der Waals surface area (Å²) in [5.74, 6) is 0.0349. The van der Waals surface area contributed by atoms with E-state index in [-0.39, 0.29) is 18.6 Å². The Hall–Kier alpha value is -0.610. The quantitative estimate of drug-likeness (QED) is 0.599. The first-order chi connectivity index (χ1) is 6.74. The Balaban J connectivity index is 2.37. The lowest BCUT2D eigenvalue weighted by atomic mass is 9.90. The molecule has 14 heavy (non-hydrogen) atoms. The van der Waals surface area contributed by atoms with Crippen LogP contribution in [0.5, 0.6) is 0 Å². The van der Waals surface area contributed by atoms with Gasteiger partial charge in [-0.05, 0) is 12.8 Å². The molecule has 0 spiro atoms. The minimum absolute atomic E-state index is 0.0349. The Morgan fingerprint density at radius 1 is 1.36 bits per heavy atom. The third kappa shape index (κ3) is 3.64. The third-order valence-electron chi connectivity index (χ3n) is 2.67. The molecule has 0 aromatic rings. The maximum atomic E-state index is 10.9. The van der Waals surface area contributed by atoms with E-state index in [2.05, 4.69) is 10.6 Å². The van der Waals surface area contributed by atoms with Gasteiger partial charge in [0, 0.05) is 25.6 Å². The monoisotopic (exact) mass is 200 g/mol. The molecule has 0 aromatic carbocycles. The van der Waals surface area contributed by atoms with Crippen molar-refractivity contribution in [3.8, 4) is 0 Å². The fourth-order valence-corrected chi connectivity index (χ4v) is 2.06. The zero-order chi connectivity index (χ0) is 10.4. The second-order valence-electron chi connectivity index (χ2n) is 3.88. The fourth-order valence-electron chi connectivity index (χ4n) is 2.06. The Morgan fingerprint density at radius 3 is 2.57 bits per heavy atom. The van der Waals surface area contributed by atoms with Crippen LogP contribution in [-0.4, -0.2) is 36.2 Å². The van der Waals surface area contributed by atoms with Crippen molar-refractivity contribution in [1.29, 1.82) is 0 Å². The van der Waals surface area contributed by atoms with Gasteiger partial charge in [0.2, 0.25) is 5.91 Å². The van der Waals surface area contributed by atoms with Crippen molar-refractivity contribution < 1.29 is 9.90 Å². The maximum Gasteiger partial charge on any atom is 0.217 e. The van der Waals surface area contributed by atoms with Crippen molar-refractivity contribution in [1.82, 2.24) is 10.6 Å². The minimum Gasteiger partial charge on any atom is -0.395 e. The Labute approximate surface area is 85.1 Å². The van der Waals surface area contributed by atoms with Crippen molar-refractivity contribution >= 4 is 5.91 Å². The van der Waals surface area contributed by atoms with Crippen LogP contribution in [0.1, 0.15) is 32.6 Å². The first kappa shape index (κ1) is 11.5. The summed E-state index contributed by atoms with van der Waals surface area (Å²) < 4.78 is 0. The molecule has 4 nitrogen and oxygen atoms in total. The zero-order valence-corrected chi connectivity index (χ0v) is 8.75. The van der Waals surface area contributed by atoms with Gasteiger partial charge in [0.25, 0.3) is 0 Å². The first-order valence-electron chi connectivity index (χ1n) is 5.35. The van der Waals surface area contributed by atoms with E-state index in [9.17, 15) is 4.79 Å². The number of hydrogen-bond acceptors (Lipinski definition) is 3. The van der Waals surface area contributed by atoms with Crippen LogP contribution in [0, 0.1) is 0 Å². The third-order valence-corrected chi connectivity index (χ3v) is 2.67. The van der Waals surface area contributed by atoms with Crippen molar-refractivity contribution in [2.24, 2.45) is 0 Å². The highest BCUT2D eigenvalue weighted by Gasteiger charge is 2.24.